The number of para-hydroxylation sites is 1. The molecule has 0 saturated carbocycles. The molecule has 23 heavy (non-hydrogen) atoms. The number of aromatic hydroxyl groups is 1. The second-order valence-electron chi connectivity index (χ2n) is 4.93. The molecule has 3 aromatic rings. The summed E-state index contributed by atoms with van der Waals surface area (Å²) < 4.78 is 5.61. The van der Waals surface area contributed by atoms with Crippen molar-refractivity contribution in [3.63, 3.8) is 0 Å². The number of nitrogens with one attached hydrogen (secondary N) is 1. The Labute approximate surface area is 135 Å². The van der Waals surface area contributed by atoms with Crippen LogP contribution in [0.5, 0.6) is 5.75 Å². The van der Waals surface area contributed by atoms with Gasteiger partial charge in [-0.25, -0.2) is 0 Å². The van der Waals surface area contributed by atoms with E-state index in [4.69, 9.17) is 4.42 Å². The van der Waals surface area contributed by atoms with Crippen molar-refractivity contribution in [3.8, 4) is 17.1 Å². The minimum Gasteiger partial charge on any atom is -0.502 e. The highest BCUT2D eigenvalue weighted by atomic mass is 16.4. The molecule has 0 atom stereocenters. The van der Waals surface area contributed by atoms with E-state index in [-0.39, 0.29) is 11.5 Å². The first-order valence-electron chi connectivity index (χ1n) is 7.70. The van der Waals surface area contributed by atoms with Crippen molar-refractivity contribution < 1.29 is 9.52 Å². The van der Waals surface area contributed by atoms with Crippen molar-refractivity contribution >= 4 is 11.0 Å². The summed E-state index contributed by atoms with van der Waals surface area (Å²) in [5.41, 5.74) is 0.743. The Kier molecular flexibility index (Phi) is 5.94. The van der Waals surface area contributed by atoms with E-state index < -0.39 is 5.43 Å². The van der Waals surface area contributed by atoms with Gasteiger partial charge in [-0.2, -0.15) is 0 Å². The summed E-state index contributed by atoms with van der Waals surface area (Å²) >= 11 is 0. The van der Waals surface area contributed by atoms with Gasteiger partial charge in [0.2, 0.25) is 11.2 Å². The molecule has 120 valence electrons. The summed E-state index contributed by atoms with van der Waals surface area (Å²) in [6.07, 6.45) is 0. The van der Waals surface area contributed by atoms with Gasteiger partial charge in [-0.15, -0.1) is 0 Å². The van der Waals surface area contributed by atoms with Gasteiger partial charge < -0.3 is 14.8 Å². The summed E-state index contributed by atoms with van der Waals surface area (Å²) in [6.45, 7) is 6.39. The standard InChI is InChI=1S/C15H10O3.C4H11N/c16-13-11-8-4-5-9-12(11)18-15(14(13)17)10-6-2-1-3-7-10;1-3-5-4-2/h1-9,17H;5H,3-4H2,1-2H3. The Morgan fingerprint density at radius 2 is 1.57 bits per heavy atom. The van der Waals surface area contributed by atoms with Crippen LogP contribution in [0.2, 0.25) is 0 Å². The van der Waals surface area contributed by atoms with E-state index in [2.05, 4.69) is 19.2 Å². The van der Waals surface area contributed by atoms with E-state index in [1.54, 1.807) is 36.4 Å². The molecule has 2 aromatic carbocycles. The Morgan fingerprint density at radius 1 is 0.957 bits per heavy atom. The molecule has 3 rings (SSSR count). The van der Waals surface area contributed by atoms with E-state index in [0.717, 1.165) is 13.1 Å². The van der Waals surface area contributed by atoms with Gasteiger partial charge in [-0.05, 0) is 25.2 Å². The molecule has 0 radical (unpaired) electrons. The fourth-order valence-electron chi connectivity index (χ4n) is 2.17. The predicted octanol–water partition coefficient (Wildman–Crippen LogP) is 3.78. The molecule has 1 aromatic heterocycles. The Balaban J connectivity index is 0.000000338. The molecular weight excluding hydrogens is 290 g/mol. The second kappa shape index (κ2) is 8.15. The first-order valence-corrected chi connectivity index (χ1v) is 7.70. The van der Waals surface area contributed by atoms with Crippen LogP contribution in [-0.4, -0.2) is 18.2 Å². The molecular formula is C19H21NO3. The SMILES string of the molecule is CCNCC.O=c1c(O)c(-c2ccccc2)oc2ccccc12. The number of hydrogen-bond donors (Lipinski definition) is 2. The average molecular weight is 311 g/mol. The second-order valence-corrected chi connectivity index (χ2v) is 4.93. The number of benzene rings is 2. The van der Waals surface area contributed by atoms with Crippen LogP contribution >= 0.6 is 0 Å². The van der Waals surface area contributed by atoms with Gasteiger partial charge in [-0.1, -0.05) is 56.3 Å². The Bertz CT molecular complexity index is 808. The number of rotatable bonds is 3. The normalized spacial score (nSPS) is 10.2. The highest BCUT2D eigenvalue weighted by molar-refractivity contribution is 5.81. The minimum atomic E-state index is -0.407. The maximum absolute atomic E-state index is 12.0. The largest absolute Gasteiger partial charge is 0.502 e. The van der Waals surface area contributed by atoms with E-state index in [1.807, 2.05) is 18.2 Å². The molecule has 1 heterocycles. The minimum absolute atomic E-state index is 0.208. The monoisotopic (exact) mass is 311 g/mol. The van der Waals surface area contributed by atoms with Crippen molar-refractivity contribution in [3.05, 3.63) is 64.8 Å². The van der Waals surface area contributed by atoms with Crippen molar-refractivity contribution in [1.82, 2.24) is 5.32 Å². The first kappa shape index (κ1) is 16.8. The number of hydrogen-bond acceptors (Lipinski definition) is 4. The molecule has 4 heteroatoms. The quantitative estimate of drug-likeness (QED) is 0.772. The van der Waals surface area contributed by atoms with Crippen molar-refractivity contribution in [2.24, 2.45) is 0 Å². The van der Waals surface area contributed by atoms with Gasteiger partial charge in [0.05, 0.1) is 5.39 Å². The third kappa shape index (κ3) is 3.99. The Morgan fingerprint density at radius 3 is 2.17 bits per heavy atom. The van der Waals surface area contributed by atoms with E-state index in [1.165, 1.54) is 0 Å². The van der Waals surface area contributed by atoms with Crippen molar-refractivity contribution in [2.75, 3.05) is 13.1 Å². The summed E-state index contributed by atoms with van der Waals surface area (Å²) in [7, 11) is 0. The van der Waals surface area contributed by atoms with Crippen molar-refractivity contribution in [1.29, 1.82) is 0 Å². The summed E-state index contributed by atoms with van der Waals surface area (Å²) in [6, 6.07) is 15.9. The van der Waals surface area contributed by atoms with Crippen molar-refractivity contribution in [2.45, 2.75) is 13.8 Å². The molecule has 0 aliphatic carbocycles. The van der Waals surface area contributed by atoms with E-state index in [9.17, 15) is 9.90 Å². The predicted molar refractivity (Wildman–Crippen MR) is 93.8 cm³/mol. The average Bonchev–Trinajstić information content (AvgIpc) is 2.60. The van der Waals surface area contributed by atoms with Crippen LogP contribution in [0, 0.1) is 0 Å². The van der Waals surface area contributed by atoms with E-state index in [0.29, 0.717) is 16.5 Å². The van der Waals surface area contributed by atoms with Crippen LogP contribution in [0.1, 0.15) is 13.8 Å². The summed E-state index contributed by atoms with van der Waals surface area (Å²) in [5, 5.41) is 13.4. The van der Waals surface area contributed by atoms with Crippen LogP contribution in [0.15, 0.2) is 63.8 Å². The molecule has 0 aliphatic rings. The van der Waals surface area contributed by atoms with Crippen LogP contribution < -0.4 is 10.7 Å². The lowest BCUT2D eigenvalue weighted by Gasteiger charge is -2.05. The third-order valence-corrected chi connectivity index (χ3v) is 3.31. The summed E-state index contributed by atoms with van der Waals surface area (Å²) in [5.74, 6) is -0.140. The molecule has 4 nitrogen and oxygen atoms in total. The molecule has 0 amide bonds. The smallest absolute Gasteiger partial charge is 0.235 e. The molecule has 0 aliphatic heterocycles. The molecule has 0 unspecified atom stereocenters. The maximum Gasteiger partial charge on any atom is 0.235 e. The van der Waals surface area contributed by atoms with Crippen LogP contribution in [0.3, 0.4) is 0 Å². The first-order chi connectivity index (χ1) is 11.2. The molecule has 0 fully saturated rings. The van der Waals surface area contributed by atoms with Crippen LogP contribution in [0.4, 0.5) is 0 Å². The molecule has 0 saturated heterocycles. The van der Waals surface area contributed by atoms with Gasteiger partial charge in [0.15, 0.2) is 5.76 Å². The zero-order valence-electron chi connectivity index (χ0n) is 13.4. The number of fused-ring (bicyclic) bond motifs is 1. The zero-order chi connectivity index (χ0) is 16.7. The fourth-order valence-corrected chi connectivity index (χ4v) is 2.17. The van der Waals surface area contributed by atoms with Gasteiger partial charge >= 0.3 is 0 Å². The van der Waals surface area contributed by atoms with Gasteiger partial charge in [0.1, 0.15) is 5.58 Å². The lowest BCUT2D eigenvalue weighted by atomic mass is 10.1. The van der Waals surface area contributed by atoms with Gasteiger partial charge in [0, 0.05) is 5.56 Å². The lowest BCUT2D eigenvalue weighted by Crippen LogP contribution is -2.09. The highest BCUT2D eigenvalue weighted by Crippen LogP contribution is 2.29. The van der Waals surface area contributed by atoms with Crippen LogP contribution in [0.25, 0.3) is 22.3 Å². The Hall–Kier alpha value is -2.59. The summed E-state index contributed by atoms with van der Waals surface area (Å²) in [4.78, 5) is 12.0. The molecule has 2 N–H and O–H groups in total. The lowest BCUT2D eigenvalue weighted by molar-refractivity contribution is 0.449. The zero-order valence-corrected chi connectivity index (χ0v) is 13.4. The maximum atomic E-state index is 12.0. The van der Waals surface area contributed by atoms with E-state index >= 15 is 0 Å². The molecule has 0 bridgehead atoms. The topological polar surface area (TPSA) is 62.5 Å². The molecule has 0 spiro atoms. The third-order valence-electron chi connectivity index (χ3n) is 3.31. The van der Waals surface area contributed by atoms with Crippen LogP contribution in [-0.2, 0) is 0 Å². The van der Waals surface area contributed by atoms with Gasteiger partial charge in [0.25, 0.3) is 0 Å². The highest BCUT2D eigenvalue weighted by Gasteiger charge is 2.14. The van der Waals surface area contributed by atoms with Gasteiger partial charge in [-0.3, -0.25) is 4.79 Å². The fraction of sp³-hybridized carbons (Fsp3) is 0.211.